The molecular formula is C22H51NO4Si2. The molecule has 0 saturated heterocycles. The monoisotopic (exact) mass is 449 g/mol. The van der Waals surface area contributed by atoms with E-state index in [1.807, 2.05) is 0 Å². The molecule has 0 radical (unpaired) electrons. The van der Waals surface area contributed by atoms with E-state index in [4.69, 9.17) is 17.7 Å². The molecule has 0 aliphatic heterocycles. The van der Waals surface area contributed by atoms with Crippen molar-refractivity contribution in [2.24, 2.45) is 0 Å². The van der Waals surface area contributed by atoms with Gasteiger partial charge in [-0.3, -0.25) is 0 Å². The SMILES string of the molecule is CCCO[Si](C)(CCCN(CC)CCC[Si](C)(OCCC)OCCC)OCCC. The van der Waals surface area contributed by atoms with Gasteiger partial charge in [-0.1, -0.05) is 34.6 Å². The highest BCUT2D eigenvalue weighted by molar-refractivity contribution is 6.66. The molecule has 0 spiro atoms. The van der Waals surface area contributed by atoms with Gasteiger partial charge in [0.1, 0.15) is 0 Å². The lowest BCUT2D eigenvalue weighted by atomic mass is 10.3. The van der Waals surface area contributed by atoms with Crippen molar-refractivity contribution in [3.05, 3.63) is 0 Å². The highest BCUT2D eigenvalue weighted by Crippen LogP contribution is 2.19. The molecule has 0 fully saturated rings. The first-order chi connectivity index (χ1) is 13.9. The fraction of sp³-hybridized carbons (Fsp3) is 1.00. The lowest BCUT2D eigenvalue weighted by Gasteiger charge is -2.29. The Labute approximate surface area is 184 Å². The quantitative estimate of drug-likeness (QED) is 0.203. The topological polar surface area (TPSA) is 40.2 Å². The van der Waals surface area contributed by atoms with Crippen molar-refractivity contribution in [1.82, 2.24) is 4.90 Å². The minimum absolute atomic E-state index is 0.822. The molecule has 0 aromatic heterocycles. The van der Waals surface area contributed by atoms with Crippen molar-refractivity contribution >= 4 is 17.1 Å². The Hall–Kier alpha value is 0.234. The van der Waals surface area contributed by atoms with Crippen LogP contribution in [0.5, 0.6) is 0 Å². The van der Waals surface area contributed by atoms with Crippen LogP contribution in [0, 0.1) is 0 Å². The van der Waals surface area contributed by atoms with Crippen molar-refractivity contribution < 1.29 is 17.7 Å². The average Bonchev–Trinajstić information content (AvgIpc) is 2.72. The van der Waals surface area contributed by atoms with Crippen molar-refractivity contribution in [3.8, 4) is 0 Å². The molecule has 0 unspecified atom stereocenters. The van der Waals surface area contributed by atoms with E-state index in [1.165, 1.54) is 0 Å². The minimum Gasteiger partial charge on any atom is -0.394 e. The Morgan fingerprint density at radius 1 is 0.552 bits per heavy atom. The third-order valence-electron chi connectivity index (χ3n) is 5.10. The molecule has 0 atom stereocenters. The van der Waals surface area contributed by atoms with Crippen LogP contribution in [0.4, 0.5) is 0 Å². The zero-order chi connectivity index (χ0) is 22.0. The zero-order valence-corrected chi connectivity index (χ0v) is 22.7. The summed E-state index contributed by atoms with van der Waals surface area (Å²) in [6.45, 7) is 22.0. The standard InChI is InChI=1S/C22H51NO4Si2/c1-8-17-24-28(6,25-18-9-2)21-13-15-23(12-5)16-14-22-29(7,26-19-10-3)27-20-11-4/h8-22H2,1-7H3. The number of hydrogen-bond acceptors (Lipinski definition) is 5. The second kappa shape index (κ2) is 17.9. The third kappa shape index (κ3) is 14.8. The van der Waals surface area contributed by atoms with Gasteiger partial charge in [-0.25, -0.2) is 0 Å². The Kier molecular flexibility index (Phi) is 18.0. The maximum Gasteiger partial charge on any atom is 0.334 e. The highest BCUT2D eigenvalue weighted by Gasteiger charge is 2.32. The van der Waals surface area contributed by atoms with Crippen LogP contribution >= 0.6 is 0 Å². The van der Waals surface area contributed by atoms with Gasteiger partial charge in [-0.05, 0) is 83.3 Å². The van der Waals surface area contributed by atoms with Crippen LogP contribution in [0.1, 0.15) is 73.1 Å². The van der Waals surface area contributed by atoms with Gasteiger partial charge in [0, 0.05) is 26.4 Å². The molecule has 0 amide bonds. The molecule has 7 heteroatoms. The molecule has 0 saturated carbocycles. The largest absolute Gasteiger partial charge is 0.394 e. The summed E-state index contributed by atoms with van der Waals surface area (Å²) in [6, 6.07) is 2.16. The van der Waals surface area contributed by atoms with Crippen molar-refractivity contribution in [2.45, 2.75) is 98.3 Å². The van der Waals surface area contributed by atoms with E-state index in [9.17, 15) is 0 Å². The normalized spacial score (nSPS) is 12.8. The summed E-state index contributed by atoms with van der Waals surface area (Å²) in [5, 5.41) is 0. The summed E-state index contributed by atoms with van der Waals surface area (Å²) in [5.74, 6) is 0. The van der Waals surface area contributed by atoms with Crippen LogP contribution in [0.15, 0.2) is 0 Å². The lowest BCUT2D eigenvalue weighted by Crippen LogP contribution is -2.41. The molecule has 176 valence electrons. The van der Waals surface area contributed by atoms with E-state index >= 15 is 0 Å². The van der Waals surface area contributed by atoms with E-state index in [0.717, 1.165) is 96.7 Å². The Morgan fingerprint density at radius 3 is 1.10 bits per heavy atom. The van der Waals surface area contributed by atoms with Crippen molar-refractivity contribution in [2.75, 3.05) is 46.1 Å². The Morgan fingerprint density at radius 2 is 0.862 bits per heavy atom. The summed E-state index contributed by atoms with van der Waals surface area (Å²) < 4.78 is 24.7. The minimum atomic E-state index is -2.02. The fourth-order valence-electron chi connectivity index (χ4n) is 3.32. The Bertz CT molecular complexity index is 327. The van der Waals surface area contributed by atoms with Gasteiger partial charge in [-0.15, -0.1) is 0 Å². The molecule has 0 bridgehead atoms. The van der Waals surface area contributed by atoms with Crippen LogP contribution in [0.25, 0.3) is 0 Å². The van der Waals surface area contributed by atoms with Crippen LogP contribution in [-0.2, 0) is 17.7 Å². The molecule has 0 aromatic rings. The smallest absolute Gasteiger partial charge is 0.334 e. The molecule has 5 nitrogen and oxygen atoms in total. The summed E-state index contributed by atoms with van der Waals surface area (Å²) in [7, 11) is -4.04. The summed E-state index contributed by atoms with van der Waals surface area (Å²) >= 11 is 0. The maximum atomic E-state index is 6.17. The van der Waals surface area contributed by atoms with Gasteiger partial charge in [-0.2, -0.15) is 0 Å². The second-order valence-corrected chi connectivity index (χ2v) is 15.0. The molecule has 0 rings (SSSR count). The van der Waals surface area contributed by atoms with Crippen LogP contribution < -0.4 is 0 Å². The van der Waals surface area contributed by atoms with Gasteiger partial charge in [0.15, 0.2) is 0 Å². The maximum absolute atomic E-state index is 6.17. The summed E-state index contributed by atoms with van der Waals surface area (Å²) in [5.41, 5.74) is 0. The Balaban J connectivity index is 4.41. The molecule has 0 N–H and O–H groups in total. The summed E-state index contributed by atoms with van der Waals surface area (Å²) in [4.78, 5) is 2.56. The first-order valence-electron chi connectivity index (χ1n) is 12.2. The van der Waals surface area contributed by atoms with Gasteiger partial charge >= 0.3 is 17.1 Å². The van der Waals surface area contributed by atoms with Crippen LogP contribution in [-0.4, -0.2) is 68.1 Å². The summed E-state index contributed by atoms with van der Waals surface area (Å²) in [6.07, 6.45) is 6.53. The van der Waals surface area contributed by atoms with Crippen LogP contribution in [0.2, 0.25) is 25.2 Å². The molecular weight excluding hydrogens is 398 g/mol. The second-order valence-electron chi connectivity index (χ2n) is 8.30. The molecule has 29 heavy (non-hydrogen) atoms. The van der Waals surface area contributed by atoms with E-state index < -0.39 is 17.1 Å². The van der Waals surface area contributed by atoms with E-state index in [2.05, 4.69) is 52.6 Å². The predicted molar refractivity (Wildman–Crippen MR) is 129 cm³/mol. The number of rotatable bonds is 21. The van der Waals surface area contributed by atoms with Crippen LogP contribution in [0.3, 0.4) is 0 Å². The first-order valence-corrected chi connectivity index (χ1v) is 17.2. The first kappa shape index (κ1) is 29.2. The number of nitrogens with zero attached hydrogens (tertiary/aromatic N) is 1. The zero-order valence-electron chi connectivity index (χ0n) is 20.7. The van der Waals surface area contributed by atoms with Crippen molar-refractivity contribution in [3.63, 3.8) is 0 Å². The molecule has 0 aliphatic rings. The fourth-order valence-corrected chi connectivity index (χ4v) is 8.21. The predicted octanol–water partition coefficient (Wildman–Crippen LogP) is 5.94. The van der Waals surface area contributed by atoms with Gasteiger partial charge in [0.2, 0.25) is 0 Å². The molecule has 0 aliphatic carbocycles. The van der Waals surface area contributed by atoms with Gasteiger partial charge in [0.05, 0.1) is 0 Å². The van der Waals surface area contributed by atoms with Gasteiger partial charge in [0.25, 0.3) is 0 Å². The average molecular weight is 450 g/mol. The lowest BCUT2D eigenvalue weighted by molar-refractivity contribution is 0.168. The van der Waals surface area contributed by atoms with Crippen molar-refractivity contribution in [1.29, 1.82) is 0 Å². The molecule has 0 aromatic carbocycles. The van der Waals surface area contributed by atoms with E-state index in [1.54, 1.807) is 0 Å². The highest BCUT2D eigenvalue weighted by atomic mass is 28.4. The number of hydrogen-bond donors (Lipinski definition) is 0. The third-order valence-corrected chi connectivity index (χ3v) is 10.9. The van der Waals surface area contributed by atoms with E-state index in [-0.39, 0.29) is 0 Å². The van der Waals surface area contributed by atoms with E-state index in [0.29, 0.717) is 0 Å². The van der Waals surface area contributed by atoms with Gasteiger partial charge < -0.3 is 22.6 Å². The molecule has 0 heterocycles.